The molecule has 2 heterocycles. The zero-order chi connectivity index (χ0) is 28.3. The number of carbonyl (C=O) groups is 1. The van der Waals surface area contributed by atoms with Crippen LogP contribution in [-0.2, 0) is 32.7 Å². The van der Waals surface area contributed by atoms with Crippen LogP contribution in [-0.4, -0.2) is 31.3 Å². The second-order valence-corrected chi connectivity index (χ2v) is 11.3. The number of hydrogen-bond donors (Lipinski definition) is 3. The minimum absolute atomic E-state index is 0. The topological polar surface area (TPSA) is 104 Å². The third kappa shape index (κ3) is 8.16. The molecular weight excluding hydrogens is 531 g/mol. The number of aromatic hydroxyl groups is 2. The number of carboxylic acid groups (broad SMARTS) is 1. The van der Waals surface area contributed by atoms with Gasteiger partial charge in [-0.3, -0.25) is 4.79 Å². The molecule has 4 rings (SSSR count). The van der Waals surface area contributed by atoms with E-state index in [2.05, 4.69) is 41.5 Å². The Morgan fingerprint density at radius 2 is 0.923 bits per heavy atom. The summed E-state index contributed by atoms with van der Waals surface area (Å²) in [6.45, 7) is 14.0. The Kier molecular flexibility index (Phi) is 10.1. The van der Waals surface area contributed by atoms with E-state index in [-0.39, 0.29) is 39.4 Å². The summed E-state index contributed by atoms with van der Waals surface area (Å²) < 4.78 is 0. The summed E-state index contributed by atoms with van der Waals surface area (Å²) in [5.74, 6) is -0.438. The monoisotopic (exact) mass is 567 g/mol. The van der Waals surface area contributed by atoms with Gasteiger partial charge in [-0.25, -0.2) is 9.97 Å². The minimum atomic E-state index is -0.833. The molecule has 205 valence electrons. The second kappa shape index (κ2) is 12.5. The summed E-state index contributed by atoms with van der Waals surface area (Å²) in [6.07, 6.45) is 0. The van der Waals surface area contributed by atoms with E-state index in [9.17, 15) is 10.2 Å². The Labute approximate surface area is 241 Å². The van der Waals surface area contributed by atoms with Crippen LogP contribution in [0.1, 0.15) is 59.6 Å². The Bertz CT molecular complexity index is 1340. The minimum Gasteiger partial charge on any atom is -0.507 e. The van der Waals surface area contributed by atoms with Crippen LogP contribution in [0.15, 0.2) is 72.8 Å². The van der Waals surface area contributed by atoms with Gasteiger partial charge in [0.1, 0.15) is 11.5 Å². The first kappa shape index (κ1) is 31.5. The Balaban J connectivity index is 0.000000998. The van der Waals surface area contributed by atoms with E-state index < -0.39 is 5.97 Å². The van der Waals surface area contributed by atoms with Crippen LogP contribution in [0.5, 0.6) is 11.5 Å². The molecule has 0 amide bonds. The number of pyridine rings is 2. The van der Waals surface area contributed by atoms with Crippen molar-refractivity contribution in [2.24, 2.45) is 0 Å². The van der Waals surface area contributed by atoms with Crippen LogP contribution >= 0.6 is 0 Å². The number of aliphatic carboxylic acids is 1. The molecule has 0 saturated carbocycles. The molecule has 0 bridgehead atoms. The molecule has 0 aliphatic heterocycles. The van der Waals surface area contributed by atoms with E-state index in [1.165, 1.54) is 0 Å². The normalized spacial score (nSPS) is 11.2. The smallest absolute Gasteiger partial charge is 0.300 e. The van der Waals surface area contributed by atoms with Gasteiger partial charge in [0.15, 0.2) is 0 Å². The van der Waals surface area contributed by atoms with E-state index in [1.54, 1.807) is 12.1 Å². The molecule has 2 aromatic heterocycles. The number of aromatic nitrogens is 2. The molecule has 1 radical (unpaired) electrons. The number of phenolic OH excluding ortho intramolecular Hbond substituents is 2. The molecule has 0 aliphatic carbocycles. The molecule has 0 fully saturated rings. The molecule has 3 N–H and O–H groups in total. The van der Waals surface area contributed by atoms with Gasteiger partial charge in [0, 0.05) is 35.1 Å². The number of benzene rings is 2. The van der Waals surface area contributed by atoms with Gasteiger partial charge in [-0.2, -0.15) is 0 Å². The van der Waals surface area contributed by atoms with Crippen molar-refractivity contribution in [3.05, 3.63) is 83.9 Å². The number of rotatable bonds is 3. The number of hydrogen-bond acceptors (Lipinski definition) is 5. The Hall–Kier alpha value is -3.67. The zero-order valence-corrected chi connectivity index (χ0v) is 24.6. The molecule has 6 nitrogen and oxygen atoms in total. The molecule has 0 aliphatic rings. The van der Waals surface area contributed by atoms with Gasteiger partial charge in [0.05, 0.1) is 22.8 Å². The summed E-state index contributed by atoms with van der Waals surface area (Å²) in [5, 5.41) is 28.5. The maximum atomic E-state index is 10.5. The molecule has 7 heteroatoms. The average Bonchev–Trinajstić information content (AvgIpc) is 2.83. The third-order valence-electron chi connectivity index (χ3n) is 6.04. The van der Waals surface area contributed by atoms with E-state index in [4.69, 9.17) is 19.9 Å². The summed E-state index contributed by atoms with van der Waals surface area (Å²) in [7, 11) is 0. The zero-order valence-electron chi connectivity index (χ0n) is 23.5. The van der Waals surface area contributed by atoms with Gasteiger partial charge in [-0.05, 0) is 70.5 Å². The van der Waals surface area contributed by atoms with Crippen molar-refractivity contribution in [3.63, 3.8) is 0 Å². The predicted octanol–water partition coefficient (Wildman–Crippen LogP) is 7.57. The fraction of sp³-hybridized carbons (Fsp3) is 0.281. The Morgan fingerprint density at radius 3 is 1.23 bits per heavy atom. The second-order valence-electron chi connectivity index (χ2n) is 11.3. The number of nitrogens with zero attached hydrogens (tertiary/aromatic N) is 2. The summed E-state index contributed by atoms with van der Waals surface area (Å²) in [4.78, 5) is 18.7. The van der Waals surface area contributed by atoms with Crippen molar-refractivity contribution in [1.82, 2.24) is 9.97 Å². The molecule has 2 aromatic carbocycles. The van der Waals surface area contributed by atoms with Gasteiger partial charge >= 0.3 is 0 Å². The SMILES string of the molecule is CC(=O)O.CC(C)(C)c1ccc(O)c(-c2cccc(-c3cccc(-c4cc(C(C)(C)C)ccc4O)n3)n2)c1.[Mn]. The van der Waals surface area contributed by atoms with Crippen LogP contribution in [0, 0.1) is 0 Å². The van der Waals surface area contributed by atoms with E-state index in [1.807, 2.05) is 60.7 Å². The fourth-order valence-corrected chi connectivity index (χ4v) is 3.87. The quantitative estimate of drug-likeness (QED) is 0.221. The number of phenols is 2. The van der Waals surface area contributed by atoms with Crippen molar-refractivity contribution >= 4 is 5.97 Å². The maximum absolute atomic E-state index is 10.5. The van der Waals surface area contributed by atoms with Crippen molar-refractivity contribution in [2.75, 3.05) is 0 Å². The largest absolute Gasteiger partial charge is 0.507 e. The third-order valence-corrected chi connectivity index (χ3v) is 6.04. The van der Waals surface area contributed by atoms with Crippen LogP contribution in [0.25, 0.3) is 33.9 Å². The molecule has 39 heavy (non-hydrogen) atoms. The summed E-state index contributed by atoms with van der Waals surface area (Å²) >= 11 is 0. The molecule has 0 saturated heterocycles. The molecule has 0 atom stereocenters. The summed E-state index contributed by atoms with van der Waals surface area (Å²) in [5.41, 5.74) is 6.33. The number of carboxylic acids is 1. The van der Waals surface area contributed by atoms with Gasteiger partial charge < -0.3 is 15.3 Å². The molecule has 0 unspecified atom stereocenters. The standard InChI is InChI=1S/C30H32N2O2.C2H4O2.Mn/c1-29(2,3)19-13-15-27(33)21(17-19)23-9-7-11-25(31-23)26-12-8-10-24(32-26)22-18-20(30(4,5)6)14-16-28(22)34;1-2(3)4;/h7-18,33-34H,1-6H3;1H3,(H,3,4);. The van der Waals surface area contributed by atoms with Gasteiger partial charge in [0.25, 0.3) is 5.97 Å². The van der Waals surface area contributed by atoms with Crippen LogP contribution < -0.4 is 0 Å². The Morgan fingerprint density at radius 1 is 0.615 bits per heavy atom. The van der Waals surface area contributed by atoms with E-state index >= 15 is 0 Å². The van der Waals surface area contributed by atoms with Gasteiger partial charge in [-0.15, -0.1) is 0 Å². The average molecular weight is 568 g/mol. The van der Waals surface area contributed by atoms with Crippen LogP contribution in [0.2, 0.25) is 0 Å². The van der Waals surface area contributed by atoms with Crippen molar-refractivity contribution in [3.8, 4) is 45.4 Å². The maximum Gasteiger partial charge on any atom is 0.300 e. The summed E-state index contributed by atoms with van der Waals surface area (Å²) in [6, 6.07) is 22.8. The van der Waals surface area contributed by atoms with Crippen molar-refractivity contribution < 1.29 is 37.2 Å². The van der Waals surface area contributed by atoms with Crippen molar-refractivity contribution in [2.45, 2.75) is 59.3 Å². The first-order valence-electron chi connectivity index (χ1n) is 12.5. The first-order valence-corrected chi connectivity index (χ1v) is 12.5. The molecule has 4 aromatic rings. The molecule has 0 spiro atoms. The van der Waals surface area contributed by atoms with Gasteiger partial charge in [-0.1, -0.05) is 65.8 Å². The first-order chi connectivity index (χ1) is 17.7. The van der Waals surface area contributed by atoms with E-state index in [0.717, 1.165) is 18.1 Å². The van der Waals surface area contributed by atoms with Crippen molar-refractivity contribution in [1.29, 1.82) is 0 Å². The molecular formula is C32H36MnN2O4. The van der Waals surface area contributed by atoms with E-state index in [0.29, 0.717) is 33.9 Å². The predicted molar refractivity (Wildman–Crippen MR) is 152 cm³/mol. The van der Waals surface area contributed by atoms with Crippen LogP contribution in [0.3, 0.4) is 0 Å². The fourth-order valence-electron chi connectivity index (χ4n) is 3.87. The van der Waals surface area contributed by atoms with Crippen LogP contribution in [0.4, 0.5) is 0 Å². The van der Waals surface area contributed by atoms with Gasteiger partial charge in [0.2, 0.25) is 0 Å².